The van der Waals surface area contributed by atoms with Crippen LogP contribution in [0.1, 0.15) is 29.8 Å². The molecule has 0 radical (unpaired) electrons. The molecule has 0 aliphatic heterocycles. The van der Waals surface area contributed by atoms with E-state index >= 15 is 0 Å². The highest BCUT2D eigenvalue weighted by Crippen LogP contribution is 2.24. The van der Waals surface area contributed by atoms with Gasteiger partial charge in [0.05, 0.1) is 15.4 Å². The number of urea groups is 1. The minimum absolute atomic E-state index is 0.0298. The van der Waals surface area contributed by atoms with E-state index in [1.807, 2.05) is 5.32 Å². The predicted molar refractivity (Wildman–Crippen MR) is 117 cm³/mol. The Kier molecular flexibility index (Phi) is 8.07. The zero-order valence-electron chi connectivity index (χ0n) is 17.9. The van der Waals surface area contributed by atoms with E-state index in [9.17, 15) is 32.9 Å². The third-order valence-electron chi connectivity index (χ3n) is 4.27. The third-order valence-corrected chi connectivity index (χ3v) is 5.80. The minimum Gasteiger partial charge on any atom is -0.449 e. The molecule has 2 aromatic rings. The van der Waals surface area contributed by atoms with Crippen LogP contribution in [0.15, 0.2) is 47.4 Å². The molecule has 0 spiro atoms. The van der Waals surface area contributed by atoms with E-state index < -0.39 is 39.0 Å². The van der Waals surface area contributed by atoms with Gasteiger partial charge in [-0.1, -0.05) is 6.07 Å². The van der Waals surface area contributed by atoms with E-state index in [1.165, 1.54) is 50.2 Å². The topological polar surface area (TPSA) is 174 Å². The second-order valence-corrected chi connectivity index (χ2v) is 8.44. The summed E-state index contributed by atoms with van der Waals surface area (Å²) in [4.78, 5) is 45.5. The molecule has 1 unspecified atom stereocenters. The van der Waals surface area contributed by atoms with E-state index in [0.717, 1.165) is 6.07 Å². The fraction of sp³-hybridized carbons (Fsp3) is 0.250. The first-order chi connectivity index (χ1) is 15.4. The Morgan fingerprint density at radius 3 is 2.33 bits per heavy atom. The zero-order valence-corrected chi connectivity index (χ0v) is 18.8. The molecule has 2 aromatic carbocycles. The number of sulfonamides is 1. The highest BCUT2D eigenvalue weighted by atomic mass is 32.2. The van der Waals surface area contributed by atoms with Crippen molar-refractivity contribution in [1.29, 1.82) is 0 Å². The molecule has 0 aliphatic carbocycles. The maximum atomic E-state index is 12.7. The molecule has 0 aromatic heterocycles. The van der Waals surface area contributed by atoms with Gasteiger partial charge in [0, 0.05) is 24.4 Å². The smallest absolute Gasteiger partial charge is 0.338 e. The molecule has 3 amide bonds. The van der Waals surface area contributed by atoms with Crippen molar-refractivity contribution in [3.63, 3.8) is 0 Å². The van der Waals surface area contributed by atoms with Gasteiger partial charge in [-0.05, 0) is 50.6 Å². The Labute approximate surface area is 189 Å². The number of rotatable bonds is 8. The average Bonchev–Trinajstić information content (AvgIpc) is 2.73. The lowest BCUT2D eigenvalue weighted by atomic mass is 10.2. The SMILES string of the molecule is CCNC(=O)NC(=O)C(C)OC(=O)c1ccc(NS(=O)(=O)c2cc([N+](=O)[O-])ccc2C)cc1. The van der Waals surface area contributed by atoms with Crippen LogP contribution >= 0.6 is 0 Å². The Bertz CT molecular complexity index is 1180. The molecule has 176 valence electrons. The first kappa shape index (κ1) is 25.3. The van der Waals surface area contributed by atoms with E-state index in [1.54, 1.807) is 6.92 Å². The number of non-ortho nitro benzene ring substituents is 1. The third kappa shape index (κ3) is 6.74. The molecule has 13 heteroatoms. The van der Waals surface area contributed by atoms with Crippen LogP contribution in [-0.4, -0.2) is 43.9 Å². The summed E-state index contributed by atoms with van der Waals surface area (Å²) in [5, 5.41) is 15.3. The van der Waals surface area contributed by atoms with Crippen LogP contribution in [0.2, 0.25) is 0 Å². The standard InChI is InChI=1S/C20H22N4O8S/c1-4-21-20(27)22-18(25)13(3)32-19(26)14-6-8-15(9-7-14)23-33(30,31)17-11-16(24(28)29)10-5-12(17)2/h5-11,13,23H,4H2,1-3H3,(H2,21,22,25,27). The van der Waals surface area contributed by atoms with E-state index in [2.05, 4.69) is 10.0 Å². The van der Waals surface area contributed by atoms with Gasteiger partial charge < -0.3 is 10.1 Å². The fourth-order valence-electron chi connectivity index (χ4n) is 2.58. The van der Waals surface area contributed by atoms with Crippen LogP contribution in [0.4, 0.5) is 16.2 Å². The summed E-state index contributed by atoms with van der Waals surface area (Å²) < 4.78 is 32.6. The lowest BCUT2D eigenvalue weighted by Crippen LogP contribution is -2.44. The number of ether oxygens (including phenoxy) is 1. The van der Waals surface area contributed by atoms with E-state index in [4.69, 9.17) is 4.74 Å². The summed E-state index contributed by atoms with van der Waals surface area (Å²) in [7, 11) is -4.14. The summed E-state index contributed by atoms with van der Waals surface area (Å²) in [6.45, 7) is 4.77. The number of nitro benzene ring substituents is 1. The number of imide groups is 1. The molecule has 1 atom stereocenters. The minimum atomic E-state index is -4.14. The lowest BCUT2D eigenvalue weighted by Gasteiger charge is -2.13. The van der Waals surface area contributed by atoms with Gasteiger partial charge in [0.25, 0.3) is 21.6 Å². The van der Waals surface area contributed by atoms with Crippen LogP contribution in [0.25, 0.3) is 0 Å². The molecular weight excluding hydrogens is 456 g/mol. The summed E-state index contributed by atoms with van der Waals surface area (Å²) in [6.07, 6.45) is -1.25. The van der Waals surface area contributed by atoms with Gasteiger partial charge in [0.2, 0.25) is 0 Å². The van der Waals surface area contributed by atoms with Crippen LogP contribution in [0.3, 0.4) is 0 Å². The molecule has 0 aliphatic rings. The Balaban J connectivity index is 2.08. The number of nitro groups is 1. The number of nitrogens with zero attached hydrogens (tertiary/aromatic N) is 1. The lowest BCUT2D eigenvalue weighted by molar-refractivity contribution is -0.385. The number of esters is 1. The van der Waals surface area contributed by atoms with Gasteiger partial charge in [-0.25, -0.2) is 18.0 Å². The zero-order chi connectivity index (χ0) is 24.8. The number of amides is 3. The van der Waals surface area contributed by atoms with Crippen molar-refractivity contribution in [2.75, 3.05) is 11.3 Å². The van der Waals surface area contributed by atoms with Crippen LogP contribution in [0, 0.1) is 17.0 Å². The van der Waals surface area contributed by atoms with E-state index in [-0.39, 0.29) is 21.8 Å². The summed E-state index contributed by atoms with van der Waals surface area (Å²) >= 11 is 0. The number of nitrogens with one attached hydrogen (secondary N) is 3. The predicted octanol–water partition coefficient (Wildman–Crippen LogP) is 2.10. The van der Waals surface area contributed by atoms with Crippen LogP contribution in [-0.2, 0) is 19.6 Å². The number of hydrogen-bond acceptors (Lipinski definition) is 8. The fourth-order valence-corrected chi connectivity index (χ4v) is 3.90. The van der Waals surface area contributed by atoms with Crippen molar-refractivity contribution in [2.24, 2.45) is 0 Å². The van der Waals surface area contributed by atoms with Crippen LogP contribution < -0.4 is 15.4 Å². The summed E-state index contributed by atoms with van der Waals surface area (Å²) in [5.41, 5.74) is 0.0687. The molecular formula is C20H22N4O8S. The molecule has 0 bridgehead atoms. The van der Waals surface area contributed by atoms with Gasteiger partial charge in [-0.15, -0.1) is 0 Å². The highest BCUT2D eigenvalue weighted by molar-refractivity contribution is 7.92. The Morgan fingerprint density at radius 2 is 1.76 bits per heavy atom. The number of carbonyl (C=O) groups excluding carboxylic acids is 3. The van der Waals surface area contributed by atoms with Crippen LogP contribution in [0.5, 0.6) is 0 Å². The van der Waals surface area contributed by atoms with Crippen molar-refractivity contribution >= 4 is 39.3 Å². The maximum absolute atomic E-state index is 12.7. The van der Waals surface area contributed by atoms with Gasteiger partial charge in [-0.3, -0.25) is 24.9 Å². The highest BCUT2D eigenvalue weighted by Gasteiger charge is 2.22. The van der Waals surface area contributed by atoms with Gasteiger partial charge >= 0.3 is 12.0 Å². The van der Waals surface area contributed by atoms with Gasteiger partial charge in [0.1, 0.15) is 0 Å². The summed E-state index contributed by atoms with van der Waals surface area (Å²) in [6, 6.07) is 7.89. The normalized spacial score (nSPS) is 11.7. The molecule has 0 fully saturated rings. The Hall–Kier alpha value is -4.00. The van der Waals surface area contributed by atoms with Crippen molar-refractivity contribution in [1.82, 2.24) is 10.6 Å². The first-order valence-corrected chi connectivity index (χ1v) is 11.1. The molecule has 0 heterocycles. The Morgan fingerprint density at radius 1 is 1.12 bits per heavy atom. The van der Waals surface area contributed by atoms with Crippen molar-refractivity contribution < 1.29 is 32.5 Å². The monoisotopic (exact) mass is 478 g/mol. The molecule has 0 saturated heterocycles. The largest absolute Gasteiger partial charge is 0.449 e. The number of aryl methyl sites for hydroxylation is 1. The number of carbonyl (C=O) groups is 3. The van der Waals surface area contributed by atoms with E-state index in [0.29, 0.717) is 12.1 Å². The number of anilines is 1. The number of hydrogen-bond donors (Lipinski definition) is 3. The van der Waals surface area contributed by atoms with Gasteiger partial charge in [0.15, 0.2) is 6.10 Å². The maximum Gasteiger partial charge on any atom is 0.338 e. The second kappa shape index (κ2) is 10.5. The number of benzene rings is 2. The van der Waals surface area contributed by atoms with Crippen molar-refractivity contribution in [2.45, 2.75) is 31.8 Å². The average molecular weight is 478 g/mol. The summed E-state index contributed by atoms with van der Waals surface area (Å²) in [5.74, 6) is -1.68. The second-order valence-electron chi connectivity index (χ2n) is 6.79. The molecule has 12 nitrogen and oxygen atoms in total. The van der Waals surface area contributed by atoms with Crippen molar-refractivity contribution in [3.05, 3.63) is 63.7 Å². The molecule has 2 rings (SSSR count). The van der Waals surface area contributed by atoms with Crippen molar-refractivity contribution in [3.8, 4) is 0 Å². The quantitative estimate of drug-likeness (QED) is 0.294. The molecule has 3 N–H and O–H groups in total. The van der Waals surface area contributed by atoms with Gasteiger partial charge in [-0.2, -0.15) is 0 Å². The molecule has 0 saturated carbocycles. The first-order valence-electron chi connectivity index (χ1n) is 9.62. The molecule has 33 heavy (non-hydrogen) atoms.